The summed E-state index contributed by atoms with van der Waals surface area (Å²) in [6.45, 7) is 2.24. The third-order valence-electron chi connectivity index (χ3n) is 5.01. The standard InChI is InChI=1S/C18H23N5O3S/c24-27(25,22-8-1-2-9-22)23-10-4-5-15(14-23)17-12-20-13-18(21-17)26-16-6-3-7-19-11-16/h3,6-7,11-13,15H,1-2,4-5,8-10,14H2. The van der Waals surface area contributed by atoms with E-state index in [1.54, 1.807) is 45.5 Å². The topological polar surface area (TPSA) is 88.5 Å². The minimum atomic E-state index is -3.38. The number of rotatable bonds is 5. The second-order valence-electron chi connectivity index (χ2n) is 6.88. The summed E-state index contributed by atoms with van der Waals surface area (Å²) in [7, 11) is -3.38. The first-order valence-electron chi connectivity index (χ1n) is 9.28. The Morgan fingerprint density at radius 3 is 2.59 bits per heavy atom. The monoisotopic (exact) mass is 389 g/mol. The van der Waals surface area contributed by atoms with Crippen LogP contribution < -0.4 is 4.74 Å². The number of pyridine rings is 1. The molecule has 2 aliphatic heterocycles. The van der Waals surface area contributed by atoms with Gasteiger partial charge in [0.25, 0.3) is 10.2 Å². The number of hydrogen-bond donors (Lipinski definition) is 0. The third-order valence-corrected chi connectivity index (χ3v) is 7.01. The summed E-state index contributed by atoms with van der Waals surface area (Å²) in [5, 5.41) is 0. The lowest BCUT2D eigenvalue weighted by Crippen LogP contribution is -2.46. The van der Waals surface area contributed by atoms with Gasteiger partial charge < -0.3 is 4.74 Å². The van der Waals surface area contributed by atoms with Crippen LogP contribution in [0, 0.1) is 0 Å². The van der Waals surface area contributed by atoms with E-state index in [0.717, 1.165) is 31.4 Å². The minimum Gasteiger partial charge on any atom is -0.436 e. The second-order valence-corrected chi connectivity index (χ2v) is 8.81. The summed E-state index contributed by atoms with van der Waals surface area (Å²) >= 11 is 0. The molecule has 4 heterocycles. The van der Waals surface area contributed by atoms with E-state index < -0.39 is 10.2 Å². The highest BCUT2D eigenvalue weighted by atomic mass is 32.2. The highest BCUT2D eigenvalue weighted by molar-refractivity contribution is 7.86. The molecule has 2 saturated heterocycles. The fourth-order valence-corrected chi connectivity index (χ4v) is 5.39. The van der Waals surface area contributed by atoms with E-state index in [9.17, 15) is 8.42 Å². The molecule has 2 aromatic rings. The van der Waals surface area contributed by atoms with E-state index in [2.05, 4.69) is 15.0 Å². The number of nitrogens with zero attached hydrogens (tertiary/aromatic N) is 5. The van der Waals surface area contributed by atoms with E-state index in [1.807, 2.05) is 0 Å². The van der Waals surface area contributed by atoms with Crippen LogP contribution in [0.15, 0.2) is 36.9 Å². The zero-order chi connectivity index (χ0) is 18.7. The first kappa shape index (κ1) is 18.3. The van der Waals surface area contributed by atoms with Gasteiger partial charge in [-0.2, -0.15) is 17.0 Å². The SMILES string of the molecule is O=S(=O)(N1CCCC1)N1CCCC(c2cncc(Oc3cccnc3)n2)C1. The maximum Gasteiger partial charge on any atom is 0.281 e. The van der Waals surface area contributed by atoms with Crippen molar-refractivity contribution >= 4 is 10.2 Å². The Balaban J connectivity index is 1.49. The molecule has 8 nitrogen and oxygen atoms in total. The zero-order valence-electron chi connectivity index (χ0n) is 15.1. The van der Waals surface area contributed by atoms with Crippen LogP contribution >= 0.6 is 0 Å². The van der Waals surface area contributed by atoms with E-state index >= 15 is 0 Å². The lowest BCUT2D eigenvalue weighted by Gasteiger charge is -2.34. The summed E-state index contributed by atoms with van der Waals surface area (Å²) in [4.78, 5) is 12.8. The molecule has 2 aliphatic rings. The fraction of sp³-hybridized carbons (Fsp3) is 0.500. The van der Waals surface area contributed by atoms with Crippen molar-refractivity contribution in [2.75, 3.05) is 26.2 Å². The summed E-state index contributed by atoms with van der Waals surface area (Å²) in [5.41, 5.74) is 0.762. The lowest BCUT2D eigenvalue weighted by molar-refractivity contribution is 0.289. The van der Waals surface area contributed by atoms with Crippen molar-refractivity contribution in [3.63, 3.8) is 0 Å². The van der Waals surface area contributed by atoms with E-state index in [-0.39, 0.29) is 5.92 Å². The molecule has 0 bridgehead atoms. The first-order valence-corrected chi connectivity index (χ1v) is 10.7. The Bertz CT molecular complexity index is 872. The molecule has 4 rings (SSSR count). The minimum absolute atomic E-state index is 0.0149. The van der Waals surface area contributed by atoms with Crippen molar-refractivity contribution in [1.82, 2.24) is 23.6 Å². The quantitative estimate of drug-likeness (QED) is 0.779. The van der Waals surface area contributed by atoms with Gasteiger partial charge in [-0.25, -0.2) is 4.98 Å². The molecule has 0 saturated carbocycles. The Labute approximate surface area is 159 Å². The third kappa shape index (κ3) is 4.10. The Morgan fingerprint density at radius 2 is 1.81 bits per heavy atom. The van der Waals surface area contributed by atoms with Gasteiger partial charge in [-0.3, -0.25) is 9.97 Å². The molecular formula is C18H23N5O3S. The highest BCUT2D eigenvalue weighted by Crippen LogP contribution is 2.30. The summed E-state index contributed by atoms with van der Waals surface area (Å²) < 4.78 is 34.6. The van der Waals surface area contributed by atoms with Crippen LogP contribution in [0.3, 0.4) is 0 Å². The molecule has 0 spiro atoms. The van der Waals surface area contributed by atoms with Crippen LogP contribution in [0.4, 0.5) is 0 Å². The van der Waals surface area contributed by atoms with Crippen molar-refractivity contribution in [1.29, 1.82) is 0 Å². The molecule has 144 valence electrons. The van der Waals surface area contributed by atoms with Crippen molar-refractivity contribution in [3.05, 3.63) is 42.6 Å². The van der Waals surface area contributed by atoms with Gasteiger partial charge in [-0.1, -0.05) is 0 Å². The van der Waals surface area contributed by atoms with Gasteiger partial charge in [0.15, 0.2) is 0 Å². The highest BCUT2D eigenvalue weighted by Gasteiger charge is 2.35. The van der Waals surface area contributed by atoms with Crippen LogP contribution in [0.25, 0.3) is 0 Å². The molecule has 0 N–H and O–H groups in total. The molecule has 0 amide bonds. The number of ether oxygens (including phenoxy) is 1. The van der Waals surface area contributed by atoms with Crippen LogP contribution in [0.5, 0.6) is 11.6 Å². The van der Waals surface area contributed by atoms with Crippen molar-refractivity contribution < 1.29 is 13.2 Å². The largest absolute Gasteiger partial charge is 0.436 e. The zero-order valence-corrected chi connectivity index (χ0v) is 15.9. The van der Waals surface area contributed by atoms with Crippen LogP contribution in [-0.4, -0.2) is 58.2 Å². The van der Waals surface area contributed by atoms with Crippen LogP contribution in [0.2, 0.25) is 0 Å². The average molecular weight is 389 g/mol. The fourth-order valence-electron chi connectivity index (χ4n) is 3.61. The maximum absolute atomic E-state index is 12.9. The maximum atomic E-state index is 12.9. The Hall–Kier alpha value is -2.10. The van der Waals surface area contributed by atoms with Gasteiger partial charge in [0, 0.05) is 44.5 Å². The Kier molecular flexibility index (Phi) is 5.33. The summed E-state index contributed by atoms with van der Waals surface area (Å²) in [6.07, 6.45) is 10.1. The smallest absolute Gasteiger partial charge is 0.281 e. The molecule has 0 aromatic carbocycles. The van der Waals surface area contributed by atoms with Gasteiger partial charge in [0.2, 0.25) is 5.88 Å². The van der Waals surface area contributed by atoms with Gasteiger partial charge >= 0.3 is 0 Å². The molecular weight excluding hydrogens is 366 g/mol. The number of aromatic nitrogens is 3. The molecule has 0 radical (unpaired) electrons. The molecule has 27 heavy (non-hydrogen) atoms. The summed E-state index contributed by atoms with van der Waals surface area (Å²) in [6, 6.07) is 3.58. The number of piperidine rings is 1. The van der Waals surface area contributed by atoms with Crippen LogP contribution in [0.1, 0.15) is 37.3 Å². The van der Waals surface area contributed by atoms with E-state index in [0.29, 0.717) is 37.8 Å². The Morgan fingerprint density at radius 1 is 1.00 bits per heavy atom. The van der Waals surface area contributed by atoms with Gasteiger partial charge in [-0.15, -0.1) is 0 Å². The van der Waals surface area contributed by atoms with Gasteiger partial charge in [0.05, 0.1) is 18.1 Å². The van der Waals surface area contributed by atoms with E-state index in [1.165, 1.54) is 0 Å². The molecule has 1 unspecified atom stereocenters. The molecule has 2 fully saturated rings. The lowest BCUT2D eigenvalue weighted by atomic mass is 9.96. The van der Waals surface area contributed by atoms with Crippen molar-refractivity contribution in [2.24, 2.45) is 0 Å². The predicted molar refractivity (Wildman–Crippen MR) is 99.6 cm³/mol. The molecule has 9 heteroatoms. The molecule has 2 aromatic heterocycles. The number of hydrogen-bond acceptors (Lipinski definition) is 6. The molecule has 1 atom stereocenters. The van der Waals surface area contributed by atoms with Crippen molar-refractivity contribution in [2.45, 2.75) is 31.6 Å². The van der Waals surface area contributed by atoms with Gasteiger partial charge in [-0.05, 0) is 37.8 Å². The average Bonchev–Trinajstić information content (AvgIpc) is 3.25. The summed E-state index contributed by atoms with van der Waals surface area (Å²) in [5.74, 6) is 0.993. The van der Waals surface area contributed by atoms with Gasteiger partial charge in [0.1, 0.15) is 5.75 Å². The van der Waals surface area contributed by atoms with Crippen molar-refractivity contribution in [3.8, 4) is 11.6 Å². The molecule has 0 aliphatic carbocycles. The van der Waals surface area contributed by atoms with E-state index in [4.69, 9.17) is 4.74 Å². The van der Waals surface area contributed by atoms with Crippen LogP contribution in [-0.2, 0) is 10.2 Å². The normalized spacial score (nSPS) is 22.0. The second kappa shape index (κ2) is 7.87. The first-order chi connectivity index (χ1) is 13.1. The predicted octanol–water partition coefficient (Wildman–Crippen LogP) is 2.18.